The van der Waals surface area contributed by atoms with Crippen molar-refractivity contribution < 1.29 is 9.90 Å². The minimum absolute atomic E-state index is 0.0727. The molecule has 0 aromatic carbocycles. The Morgan fingerprint density at radius 1 is 1.48 bits per heavy atom. The third-order valence-electron chi connectivity index (χ3n) is 4.48. The molecule has 0 spiro atoms. The first-order chi connectivity index (χ1) is 10.3. The van der Waals surface area contributed by atoms with E-state index >= 15 is 0 Å². The summed E-state index contributed by atoms with van der Waals surface area (Å²) in [6.45, 7) is 1.81. The first-order valence-corrected chi connectivity index (χ1v) is 7.59. The number of hydrogen-bond acceptors (Lipinski definition) is 5. The molecule has 21 heavy (non-hydrogen) atoms. The SMILES string of the molecule is O=C(c1cccnc1)N1CCC(C2CC(CCO)NN2)C1. The summed E-state index contributed by atoms with van der Waals surface area (Å²) in [7, 11) is 0. The molecule has 3 unspecified atom stereocenters. The van der Waals surface area contributed by atoms with Crippen molar-refractivity contribution in [3.63, 3.8) is 0 Å². The van der Waals surface area contributed by atoms with Crippen LogP contribution in [0.3, 0.4) is 0 Å². The zero-order valence-electron chi connectivity index (χ0n) is 12.0. The van der Waals surface area contributed by atoms with Gasteiger partial charge in [0.1, 0.15) is 0 Å². The van der Waals surface area contributed by atoms with Gasteiger partial charge in [-0.2, -0.15) is 0 Å². The van der Waals surface area contributed by atoms with Crippen LogP contribution in [0.4, 0.5) is 0 Å². The van der Waals surface area contributed by atoms with Crippen molar-refractivity contribution in [3.05, 3.63) is 30.1 Å². The predicted octanol–water partition coefficient (Wildman–Crippen LogP) is 0.161. The number of likely N-dealkylation sites (tertiary alicyclic amines) is 1. The zero-order valence-corrected chi connectivity index (χ0v) is 12.0. The third-order valence-corrected chi connectivity index (χ3v) is 4.48. The minimum atomic E-state index is 0.0727. The standard InChI is InChI=1S/C15H22N4O2/c20-7-4-13-8-14(18-17-13)12-3-6-19(10-12)15(21)11-2-1-5-16-9-11/h1-2,5,9,12-14,17-18,20H,3-4,6-8,10H2. The Morgan fingerprint density at radius 2 is 2.38 bits per heavy atom. The van der Waals surface area contributed by atoms with Crippen molar-refractivity contribution in [2.45, 2.75) is 31.3 Å². The Kier molecular flexibility index (Phi) is 4.48. The Hall–Kier alpha value is -1.50. The molecule has 114 valence electrons. The topological polar surface area (TPSA) is 77.5 Å². The van der Waals surface area contributed by atoms with Gasteiger partial charge in [-0.3, -0.25) is 20.6 Å². The first kappa shape index (κ1) is 14.4. The van der Waals surface area contributed by atoms with Gasteiger partial charge in [0, 0.05) is 44.2 Å². The van der Waals surface area contributed by atoms with E-state index in [9.17, 15) is 4.79 Å². The average molecular weight is 290 g/mol. The normalized spacial score (nSPS) is 29.0. The van der Waals surface area contributed by atoms with Crippen molar-refractivity contribution in [2.75, 3.05) is 19.7 Å². The second kappa shape index (κ2) is 6.51. The van der Waals surface area contributed by atoms with Gasteiger partial charge in [-0.25, -0.2) is 0 Å². The molecule has 1 aromatic rings. The van der Waals surface area contributed by atoms with Crippen LogP contribution in [0.2, 0.25) is 0 Å². The van der Waals surface area contributed by atoms with Crippen molar-refractivity contribution in [1.29, 1.82) is 0 Å². The fourth-order valence-corrected chi connectivity index (χ4v) is 3.28. The number of hydrogen-bond donors (Lipinski definition) is 3. The van der Waals surface area contributed by atoms with Gasteiger partial charge in [-0.1, -0.05) is 0 Å². The number of carbonyl (C=O) groups is 1. The molecular weight excluding hydrogens is 268 g/mol. The maximum atomic E-state index is 12.4. The monoisotopic (exact) mass is 290 g/mol. The molecule has 0 aliphatic carbocycles. The predicted molar refractivity (Wildman–Crippen MR) is 78.4 cm³/mol. The molecule has 2 fully saturated rings. The molecular formula is C15H22N4O2. The largest absolute Gasteiger partial charge is 0.396 e. The van der Waals surface area contributed by atoms with Crippen LogP contribution in [-0.4, -0.2) is 52.7 Å². The number of aromatic nitrogens is 1. The fourth-order valence-electron chi connectivity index (χ4n) is 3.28. The summed E-state index contributed by atoms with van der Waals surface area (Å²) in [5.74, 6) is 0.547. The van der Waals surface area contributed by atoms with E-state index in [4.69, 9.17) is 5.11 Å². The molecule has 2 saturated heterocycles. The summed E-state index contributed by atoms with van der Waals surface area (Å²) in [5, 5.41) is 8.99. The summed E-state index contributed by atoms with van der Waals surface area (Å²) in [6, 6.07) is 4.33. The van der Waals surface area contributed by atoms with Crippen LogP contribution in [0.25, 0.3) is 0 Å². The molecule has 3 heterocycles. The van der Waals surface area contributed by atoms with Crippen molar-refractivity contribution in [1.82, 2.24) is 20.7 Å². The maximum Gasteiger partial charge on any atom is 0.255 e. The number of aliphatic hydroxyl groups is 1. The fraction of sp³-hybridized carbons (Fsp3) is 0.600. The van der Waals surface area contributed by atoms with Gasteiger partial charge >= 0.3 is 0 Å². The van der Waals surface area contributed by atoms with Crippen LogP contribution in [-0.2, 0) is 0 Å². The van der Waals surface area contributed by atoms with Gasteiger partial charge < -0.3 is 10.0 Å². The van der Waals surface area contributed by atoms with Crippen molar-refractivity contribution in [2.24, 2.45) is 5.92 Å². The number of aliphatic hydroxyl groups excluding tert-OH is 1. The number of pyridine rings is 1. The Morgan fingerprint density at radius 3 is 3.14 bits per heavy atom. The smallest absolute Gasteiger partial charge is 0.255 e. The highest BCUT2D eigenvalue weighted by molar-refractivity contribution is 5.94. The second-order valence-electron chi connectivity index (χ2n) is 5.88. The molecule has 3 N–H and O–H groups in total. The molecule has 0 bridgehead atoms. The van der Waals surface area contributed by atoms with Gasteiger partial charge in [0.2, 0.25) is 0 Å². The average Bonchev–Trinajstić information content (AvgIpc) is 3.16. The third kappa shape index (κ3) is 3.23. The lowest BCUT2D eigenvalue weighted by Crippen LogP contribution is -2.38. The van der Waals surface area contributed by atoms with Crippen LogP contribution in [0.15, 0.2) is 24.5 Å². The van der Waals surface area contributed by atoms with E-state index in [-0.39, 0.29) is 12.5 Å². The molecule has 1 amide bonds. The van der Waals surface area contributed by atoms with E-state index in [1.807, 2.05) is 11.0 Å². The second-order valence-corrected chi connectivity index (χ2v) is 5.88. The lowest BCUT2D eigenvalue weighted by atomic mass is 9.94. The summed E-state index contributed by atoms with van der Waals surface area (Å²) >= 11 is 0. The highest BCUT2D eigenvalue weighted by atomic mass is 16.3. The van der Waals surface area contributed by atoms with E-state index in [0.29, 0.717) is 23.6 Å². The molecule has 2 aliphatic rings. The molecule has 3 rings (SSSR count). The lowest BCUT2D eigenvalue weighted by molar-refractivity contribution is 0.0784. The quantitative estimate of drug-likeness (QED) is 0.736. The summed E-state index contributed by atoms with van der Waals surface area (Å²) in [4.78, 5) is 18.3. The number of hydrazine groups is 1. The summed E-state index contributed by atoms with van der Waals surface area (Å²) in [6.07, 6.45) is 6.12. The van der Waals surface area contributed by atoms with Crippen LogP contribution >= 0.6 is 0 Å². The summed E-state index contributed by atoms with van der Waals surface area (Å²) < 4.78 is 0. The number of nitrogens with zero attached hydrogens (tertiary/aromatic N) is 2. The van der Waals surface area contributed by atoms with E-state index < -0.39 is 0 Å². The zero-order chi connectivity index (χ0) is 14.7. The van der Waals surface area contributed by atoms with E-state index in [2.05, 4.69) is 15.8 Å². The molecule has 2 aliphatic heterocycles. The van der Waals surface area contributed by atoms with Crippen molar-refractivity contribution in [3.8, 4) is 0 Å². The van der Waals surface area contributed by atoms with Gasteiger partial charge in [0.05, 0.1) is 5.56 Å². The maximum absolute atomic E-state index is 12.4. The van der Waals surface area contributed by atoms with E-state index in [1.54, 1.807) is 18.5 Å². The highest BCUT2D eigenvalue weighted by Crippen LogP contribution is 2.26. The van der Waals surface area contributed by atoms with Gasteiger partial charge in [-0.05, 0) is 37.3 Å². The Balaban J connectivity index is 1.55. The van der Waals surface area contributed by atoms with Gasteiger partial charge in [0.15, 0.2) is 0 Å². The Labute approximate surface area is 124 Å². The molecule has 0 radical (unpaired) electrons. The van der Waals surface area contributed by atoms with Gasteiger partial charge in [-0.15, -0.1) is 0 Å². The molecule has 3 atom stereocenters. The number of rotatable bonds is 4. The minimum Gasteiger partial charge on any atom is -0.396 e. The van der Waals surface area contributed by atoms with Crippen LogP contribution < -0.4 is 10.9 Å². The molecule has 6 nitrogen and oxygen atoms in total. The number of carbonyl (C=O) groups excluding carboxylic acids is 1. The Bertz CT molecular complexity index is 482. The van der Waals surface area contributed by atoms with E-state index in [1.165, 1.54) is 0 Å². The van der Waals surface area contributed by atoms with Crippen molar-refractivity contribution >= 4 is 5.91 Å². The summed E-state index contributed by atoms with van der Waals surface area (Å²) in [5.41, 5.74) is 7.22. The van der Waals surface area contributed by atoms with Gasteiger partial charge in [0.25, 0.3) is 5.91 Å². The van der Waals surface area contributed by atoms with Crippen LogP contribution in [0.5, 0.6) is 0 Å². The van der Waals surface area contributed by atoms with Crippen LogP contribution in [0, 0.1) is 5.92 Å². The van der Waals surface area contributed by atoms with Crippen LogP contribution in [0.1, 0.15) is 29.6 Å². The highest BCUT2D eigenvalue weighted by Gasteiger charge is 2.36. The first-order valence-electron chi connectivity index (χ1n) is 7.59. The number of amides is 1. The molecule has 0 saturated carbocycles. The lowest BCUT2D eigenvalue weighted by Gasteiger charge is -2.19. The molecule has 6 heteroatoms. The molecule has 1 aromatic heterocycles. The van der Waals surface area contributed by atoms with E-state index in [0.717, 1.165) is 32.4 Å². The number of nitrogens with one attached hydrogen (secondary N) is 2.